The van der Waals surface area contributed by atoms with Crippen LogP contribution in [0.2, 0.25) is 0 Å². The van der Waals surface area contributed by atoms with E-state index < -0.39 is 0 Å². The molecule has 0 bridgehead atoms. The molecule has 6 nitrogen and oxygen atoms in total. The lowest BCUT2D eigenvalue weighted by Crippen LogP contribution is -2.37. The fraction of sp³-hybridized carbons (Fsp3) is 0.462. The van der Waals surface area contributed by atoms with E-state index in [0.29, 0.717) is 24.5 Å². The molecule has 1 amide bonds. The second-order valence-electron chi connectivity index (χ2n) is 4.17. The van der Waals surface area contributed by atoms with E-state index in [-0.39, 0.29) is 12.5 Å². The highest BCUT2D eigenvalue weighted by Crippen LogP contribution is 2.12. The molecule has 0 radical (unpaired) electrons. The smallest absolute Gasteiger partial charge is 0.239 e. The summed E-state index contributed by atoms with van der Waals surface area (Å²) in [6.45, 7) is 2.96. The molecule has 0 saturated carbocycles. The molecule has 0 aliphatic rings. The van der Waals surface area contributed by atoms with Gasteiger partial charge in [0.25, 0.3) is 0 Å². The highest BCUT2D eigenvalue weighted by atomic mass is 16.5. The Bertz CT molecular complexity index is 482. The Balaban J connectivity index is 2.63. The first kappa shape index (κ1) is 14.9. The second kappa shape index (κ2) is 7.34. The maximum absolute atomic E-state index is 11.6. The molecular weight excluding hydrogens is 244 g/mol. The van der Waals surface area contributed by atoms with Crippen molar-refractivity contribution in [1.29, 1.82) is 5.26 Å². The van der Waals surface area contributed by atoms with E-state index in [2.05, 4.69) is 16.4 Å². The fourth-order valence-electron chi connectivity index (χ4n) is 1.56. The van der Waals surface area contributed by atoms with Gasteiger partial charge in [-0.25, -0.2) is 4.98 Å². The maximum Gasteiger partial charge on any atom is 0.239 e. The standard InChI is InChI=1S/C13H18N4O2/c1-10-6-11(8-14)7-12(16-10)17(2)9-13(18)15-4-5-19-3/h6-7H,4-5,9H2,1-3H3,(H,15,18). The number of anilines is 1. The molecule has 1 aromatic heterocycles. The number of carbonyl (C=O) groups is 1. The van der Waals surface area contributed by atoms with Crippen molar-refractivity contribution < 1.29 is 9.53 Å². The number of aryl methyl sites for hydroxylation is 1. The van der Waals surface area contributed by atoms with Crippen molar-refractivity contribution in [2.75, 3.05) is 38.8 Å². The molecule has 0 spiro atoms. The average Bonchev–Trinajstić information content (AvgIpc) is 2.38. The van der Waals surface area contributed by atoms with Gasteiger partial charge in [-0.1, -0.05) is 0 Å². The van der Waals surface area contributed by atoms with Gasteiger partial charge in [0, 0.05) is 26.4 Å². The molecule has 0 fully saturated rings. The third kappa shape index (κ3) is 4.94. The summed E-state index contributed by atoms with van der Waals surface area (Å²) in [6, 6.07) is 5.44. The summed E-state index contributed by atoms with van der Waals surface area (Å²) >= 11 is 0. The molecule has 0 aromatic carbocycles. The minimum atomic E-state index is -0.110. The highest BCUT2D eigenvalue weighted by Gasteiger charge is 2.09. The van der Waals surface area contributed by atoms with Gasteiger partial charge in [-0.15, -0.1) is 0 Å². The Hall–Kier alpha value is -2.13. The largest absolute Gasteiger partial charge is 0.383 e. The van der Waals surface area contributed by atoms with Crippen molar-refractivity contribution in [3.8, 4) is 6.07 Å². The molecule has 1 rings (SSSR count). The van der Waals surface area contributed by atoms with Crippen LogP contribution in [0.25, 0.3) is 0 Å². The Labute approximate surface area is 113 Å². The number of rotatable bonds is 6. The van der Waals surface area contributed by atoms with Crippen LogP contribution in [0.5, 0.6) is 0 Å². The molecule has 0 saturated heterocycles. The number of ether oxygens (including phenoxy) is 1. The number of pyridine rings is 1. The number of aromatic nitrogens is 1. The normalized spacial score (nSPS) is 9.79. The van der Waals surface area contributed by atoms with Crippen molar-refractivity contribution in [3.05, 3.63) is 23.4 Å². The van der Waals surface area contributed by atoms with E-state index in [1.807, 2.05) is 6.92 Å². The van der Waals surface area contributed by atoms with Crippen molar-refractivity contribution in [2.24, 2.45) is 0 Å². The highest BCUT2D eigenvalue weighted by molar-refractivity contribution is 5.80. The number of methoxy groups -OCH3 is 1. The van der Waals surface area contributed by atoms with E-state index in [4.69, 9.17) is 10.00 Å². The lowest BCUT2D eigenvalue weighted by molar-refractivity contribution is -0.119. The number of nitrogens with zero attached hydrogens (tertiary/aromatic N) is 3. The number of amides is 1. The summed E-state index contributed by atoms with van der Waals surface area (Å²) < 4.78 is 4.85. The number of nitrogens with one attached hydrogen (secondary N) is 1. The predicted octanol–water partition coefficient (Wildman–Crippen LogP) is 0.460. The zero-order chi connectivity index (χ0) is 14.3. The number of carbonyl (C=O) groups excluding carboxylic acids is 1. The number of hydrogen-bond acceptors (Lipinski definition) is 5. The maximum atomic E-state index is 11.6. The zero-order valence-corrected chi connectivity index (χ0v) is 11.4. The first-order valence-corrected chi connectivity index (χ1v) is 5.92. The lowest BCUT2D eigenvalue weighted by atomic mass is 10.2. The zero-order valence-electron chi connectivity index (χ0n) is 11.4. The summed E-state index contributed by atoms with van der Waals surface area (Å²) in [6.07, 6.45) is 0. The number of hydrogen-bond donors (Lipinski definition) is 1. The average molecular weight is 262 g/mol. The van der Waals surface area contributed by atoms with E-state index >= 15 is 0 Å². The molecule has 1 heterocycles. The first-order valence-electron chi connectivity index (χ1n) is 5.92. The Morgan fingerprint density at radius 3 is 2.95 bits per heavy atom. The van der Waals surface area contributed by atoms with Gasteiger partial charge in [-0.2, -0.15) is 5.26 Å². The van der Waals surface area contributed by atoms with Crippen LogP contribution in [0.1, 0.15) is 11.3 Å². The van der Waals surface area contributed by atoms with Crippen LogP contribution in [-0.2, 0) is 9.53 Å². The third-order valence-electron chi connectivity index (χ3n) is 2.47. The van der Waals surface area contributed by atoms with Crippen LogP contribution >= 0.6 is 0 Å². The van der Waals surface area contributed by atoms with Gasteiger partial charge in [-0.05, 0) is 19.1 Å². The summed E-state index contributed by atoms with van der Waals surface area (Å²) in [5.41, 5.74) is 1.29. The van der Waals surface area contributed by atoms with Gasteiger partial charge in [0.05, 0.1) is 24.8 Å². The molecule has 1 N–H and O–H groups in total. The molecule has 0 unspecified atom stereocenters. The van der Waals surface area contributed by atoms with Crippen LogP contribution in [-0.4, -0.2) is 44.7 Å². The van der Waals surface area contributed by atoms with Crippen molar-refractivity contribution in [3.63, 3.8) is 0 Å². The molecule has 102 valence electrons. The van der Waals surface area contributed by atoms with Gasteiger partial charge < -0.3 is 15.0 Å². The lowest BCUT2D eigenvalue weighted by Gasteiger charge is -2.18. The van der Waals surface area contributed by atoms with Gasteiger partial charge >= 0.3 is 0 Å². The van der Waals surface area contributed by atoms with Gasteiger partial charge in [0.1, 0.15) is 5.82 Å². The predicted molar refractivity (Wildman–Crippen MR) is 71.8 cm³/mol. The van der Waals surface area contributed by atoms with Crippen LogP contribution in [0.4, 0.5) is 5.82 Å². The Kier molecular flexibility index (Phi) is 5.76. The molecular formula is C13H18N4O2. The Morgan fingerprint density at radius 2 is 2.32 bits per heavy atom. The van der Waals surface area contributed by atoms with Crippen LogP contribution in [0.3, 0.4) is 0 Å². The van der Waals surface area contributed by atoms with Crippen molar-refractivity contribution >= 4 is 11.7 Å². The van der Waals surface area contributed by atoms with Gasteiger partial charge in [-0.3, -0.25) is 4.79 Å². The fourth-order valence-corrected chi connectivity index (χ4v) is 1.56. The van der Waals surface area contributed by atoms with Gasteiger partial charge in [0.15, 0.2) is 0 Å². The quantitative estimate of drug-likeness (QED) is 0.754. The molecule has 0 aliphatic heterocycles. The SMILES string of the molecule is COCCNC(=O)CN(C)c1cc(C#N)cc(C)n1. The number of likely N-dealkylation sites (N-methyl/N-ethyl adjacent to an activating group) is 1. The van der Waals surface area contributed by atoms with Crippen molar-refractivity contribution in [1.82, 2.24) is 10.3 Å². The first-order chi connectivity index (χ1) is 9.06. The van der Waals surface area contributed by atoms with Crippen molar-refractivity contribution in [2.45, 2.75) is 6.92 Å². The summed E-state index contributed by atoms with van der Waals surface area (Å²) in [5.74, 6) is 0.500. The molecule has 0 aliphatic carbocycles. The summed E-state index contributed by atoms with van der Waals surface area (Å²) in [7, 11) is 3.34. The molecule has 19 heavy (non-hydrogen) atoms. The summed E-state index contributed by atoms with van der Waals surface area (Å²) in [4.78, 5) is 17.6. The molecule has 0 atom stereocenters. The minimum absolute atomic E-state index is 0.110. The van der Waals surface area contributed by atoms with Crippen LogP contribution in [0, 0.1) is 18.3 Å². The third-order valence-corrected chi connectivity index (χ3v) is 2.47. The van der Waals surface area contributed by atoms with E-state index in [9.17, 15) is 4.79 Å². The van der Waals surface area contributed by atoms with E-state index in [0.717, 1.165) is 5.69 Å². The Morgan fingerprint density at radius 1 is 1.58 bits per heavy atom. The second-order valence-corrected chi connectivity index (χ2v) is 4.17. The topological polar surface area (TPSA) is 78.2 Å². The van der Waals surface area contributed by atoms with E-state index in [1.54, 1.807) is 31.2 Å². The minimum Gasteiger partial charge on any atom is -0.383 e. The number of nitriles is 1. The molecule has 6 heteroatoms. The van der Waals surface area contributed by atoms with Crippen LogP contribution < -0.4 is 10.2 Å². The van der Waals surface area contributed by atoms with Crippen LogP contribution in [0.15, 0.2) is 12.1 Å². The molecule has 1 aromatic rings. The summed E-state index contributed by atoms with van der Waals surface area (Å²) in [5, 5.41) is 11.6. The van der Waals surface area contributed by atoms with Gasteiger partial charge in [0.2, 0.25) is 5.91 Å². The van der Waals surface area contributed by atoms with E-state index in [1.165, 1.54) is 0 Å². The monoisotopic (exact) mass is 262 g/mol.